The standard InChI is InChI=1S/C22H25N3O3S2/c1-2-18-15-29-22(23-18)20(14-17-8-11-19(12-9-17)25-30(27)28)24-21(26)13-10-16-6-4-3-5-7-16/h3-9,11-12,15,20,30H,2,10,13-14H2,1H3,(H,24,26)(H,25,27,28)/t20-/m0/s1. The van der Waals surface area contributed by atoms with Gasteiger partial charge in [0.2, 0.25) is 16.8 Å². The molecular formula is C22H25N3O3S2. The number of nitrogens with zero attached hydrogens (tertiary/aromatic N) is 1. The molecule has 0 saturated heterocycles. The Kier molecular flexibility index (Phi) is 7.98. The summed E-state index contributed by atoms with van der Waals surface area (Å²) in [7, 11) is -2.69. The first-order valence-electron chi connectivity index (χ1n) is 9.81. The number of hydrogen-bond acceptors (Lipinski definition) is 5. The van der Waals surface area contributed by atoms with E-state index in [9.17, 15) is 13.2 Å². The number of aromatic nitrogens is 1. The first-order chi connectivity index (χ1) is 14.5. The van der Waals surface area contributed by atoms with Crippen LogP contribution in [0.25, 0.3) is 0 Å². The fourth-order valence-electron chi connectivity index (χ4n) is 3.07. The Morgan fingerprint density at radius 1 is 1.07 bits per heavy atom. The lowest BCUT2D eigenvalue weighted by molar-refractivity contribution is -0.121. The third kappa shape index (κ3) is 6.67. The maximum absolute atomic E-state index is 12.6. The highest BCUT2D eigenvalue weighted by atomic mass is 32.2. The molecule has 158 valence electrons. The lowest BCUT2D eigenvalue weighted by Crippen LogP contribution is -2.30. The molecule has 2 aromatic carbocycles. The fraction of sp³-hybridized carbons (Fsp3) is 0.273. The normalized spacial score (nSPS) is 11.9. The van der Waals surface area contributed by atoms with Gasteiger partial charge in [-0.15, -0.1) is 11.3 Å². The van der Waals surface area contributed by atoms with Crippen LogP contribution in [0.15, 0.2) is 60.0 Å². The van der Waals surface area contributed by atoms with Crippen LogP contribution in [-0.2, 0) is 34.9 Å². The number of rotatable bonds is 10. The third-order valence-electron chi connectivity index (χ3n) is 4.66. The molecule has 0 bridgehead atoms. The largest absolute Gasteiger partial charge is 0.347 e. The lowest BCUT2D eigenvalue weighted by atomic mass is 10.0. The van der Waals surface area contributed by atoms with Gasteiger partial charge < -0.3 is 5.32 Å². The van der Waals surface area contributed by atoms with E-state index in [2.05, 4.69) is 21.9 Å². The predicted octanol–water partition coefficient (Wildman–Crippen LogP) is 3.68. The minimum atomic E-state index is -2.69. The number of aryl methyl sites for hydroxylation is 2. The quantitative estimate of drug-likeness (QED) is 0.417. The molecule has 2 N–H and O–H groups in total. The molecule has 1 aromatic heterocycles. The van der Waals surface area contributed by atoms with Crippen LogP contribution in [0.5, 0.6) is 0 Å². The van der Waals surface area contributed by atoms with E-state index in [1.54, 1.807) is 23.5 Å². The van der Waals surface area contributed by atoms with E-state index in [1.165, 1.54) is 0 Å². The molecule has 1 amide bonds. The number of hydrogen-bond donors (Lipinski definition) is 3. The molecule has 0 aliphatic heterocycles. The average Bonchev–Trinajstić information content (AvgIpc) is 3.23. The van der Waals surface area contributed by atoms with Crippen LogP contribution in [0.1, 0.15) is 41.2 Å². The number of nitrogens with one attached hydrogen (secondary N) is 2. The Balaban J connectivity index is 1.69. The predicted molar refractivity (Wildman–Crippen MR) is 121 cm³/mol. The van der Waals surface area contributed by atoms with Crippen LogP contribution >= 0.6 is 11.3 Å². The third-order valence-corrected chi connectivity index (χ3v) is 6.11. The molecule has 0 aliphatic rings. The Morgan fingerprint density at radius 2 is 1.80 bits per heavy atom. The number of anilines is 1. The minimum Gasteiger partial charge on any atom is -0.347 e. The molecular weight excluding hydrogens is 418 g/mol. The second-order valence-electron chi connectivity index (χ2n) is 6.91. The molecule has 6 nitrogen and oxygen atoms in total. The van der Waals surface area contributed by atoms with Crippen LogP contribution < -0.4 is 10.0 Å². The zero-order valence-corrected chi connectivity index (χ0v) is 18.4. The Morgan fingerprint density at radius 3 is 2.43 bits per heavy atom. The van der Waals surface area contributed by atoms with Crippen molar-refractivity contribution in [3.05, 3.63) is 81.8 Å². The molecule has 0 unspecified atom stereocenters. The van der Waals surface area contributed by atoms with E-state index in [0.717, 1.165) is 28.2 Å². The van der Waals surface area contributed by atoms with E-state index in [4.69, 9.17) is 0 Å². The molecule has 8 heteroatoms. The Hall–Kier alpha value is -2.71. The maximum Gasteiger partial charge on any atom is 0.222 e. The van der Waals surface area contributed by atoms with E-state index in [-0.39, 0.29) is 11.9 Å². The van der Waals surface area contributed by atoms with Gasteiger partial charge in [-0.05, 0) is 42.5 Å². The summed E-state index contributed by atoms with van der Waals surface area (Å²) in [4.78, 5) is 17.3. The number of carbonyl (C=O) groups is 1. The Bertz CT molecular complexity index is 1020. The zero-order chi connectivity index (χ0) is 21.3. The van der Waals surface area contributed by atoms with Crippen LogP contribution in [0.2, 0.25) is 0 Å². The van der Waals surface area contributed by atoms with Gasteiger partial charge in [0.15, 0.2) is 0 Å². The van der Waals surface area contributed by atoms with Crippen molar-refractivity contribution in [3.63, 3.8) is 0 Å². The van der Waals surface area contributed by atoms with Gasteiger partial charge in [0.1, 0.15) is 5.01 Å². The van der Waals surface area contributed by atoms with Crippen LogP contribution in [0.3, 0.4) is 0 Å². The monoisotopic (exact) mass is 443 g/mol. The topological polar surface area (TPSA) is 88.2 Å². The van der Waals surface area contributed by atoms with Gasteiger partial charge in [0, 0.05) is 17.5 Å². The van der Waals surface area contributed by atoms with Crippen molar-refractivity contribution in [1.82, 2.24) is 10.3 Å². The molecule has 0 spiro atoms. The van der Waals surface area contributed by atoms with Crippen LogP contribution in [0.4, 0.5) is 5.69 Å². The van der Waals surface area contributed by atoms with Crippen LogP contribution in [-0.4, -0.2) is 19.3 Å². The van der Waals surface area contributed by atoms with E-state index < -0.39 is 10.9 Å². The van der Waals surface area contributed by atoms with E-state index in [1.807, 2.05) is 47.8 Å². The summed E-state index contributed by atoms with van der Waals surface area (Å²) in [5.74, 6) is -0.0151. The first kappa shape index (κ1) is 22.0. The summed E-state index contributed by atoms with van der Waals surface area (Å²) >= 11 is 1.55. The highest BCUT2D eigenvalue weighted by Gasteiger charge is 2.19. The van der Waals surface area contributed by atoms with Gasteiger partial charge in [0.05, 0.1) is 11.7 Å². The van der Waals surface area contributed by atoms with E-state index in [0.29, 0.717) is 24.9 Å². The van der Waals surface area contributed by atoms with Gasteiger partial charge in [-0.2, -0.15) is 0 Å². The number of amides is 1. The van der Waals surface area contributed by atoms with Crippen molar-refractivity contribution in [3.8, 4) is 0 Å². The molecule has 3 aromatic rings. The van der Waals surface area contributed by atoms with Gasteiger partial charge in [0.25, 0.3) is 0 Å². The fourth-order valence-corrected chi connectivity index (χ4v) is 4.38. The zero-order valence-electron chi connectivity index (χ0n) is 16.7. The van der Waals surface area contributed by atoms with Crippen molar-refractivity contribution in [2.45, 2.75) is 38.6 Å². The molecule has 1 atom stereocenters. The molecule has 0 radical (unpaired) electrons. The summed E-state index contributed by atoms with van der Waals surface area (Å²) < 4.78 is 24.0. The van der Waals surface area contributed by atoms with Gasteiger partial charge in [-0.1, -0.05) is 49.4 Å². The van der Waals surface area contributed by atoms with Crippen molar-refractivity contribution >= 4 is 33.8 Å². The molecule has 3 rings (SSSR count). The molecule has 0 fully saturated rings. The molecule has 0 saturated carbocycles. The van der Waals surface area contributed by atoms with Gasteiger partial charge in [-0.25, -0.2) is 13.4 Å². The second kappa shape index (κ2) is 10.9. The van der Waals surface area contributed by atoms with Crippen molar-refractivity contribution in [2.24, 2.45) is 0 Å². The Labute approximate surface area is 182 Å². The van der Waals surface area contributed by atoms with Crippen molar-refractivity contribution in [1.29, 1.82) is 0 Å². The number of carbonyl (C=O) groups excluding carboxylic acids is 1. The highest BCUT2D eigenvalue weighted by Crippen LogP contribution is 2.24. The highest BCUT2D eigenvalue weighted by molar-refractivity contribution is 7.73. The van der Waals surface area contributed by atoms with E-state index >= 15 is 0 Å². The SMILES string of the molecule is CCc1csc([C@H](Cc2ccc(N[SH](=O)=O)cc2)NC(=O)CCc2ccccc2)n1. The number of thiol groups is 1. The van der Waals surface area contributed by atoms with Crippen LogP contribution in [0, 0.1) is 0 Å². The summed E-state index contributed by atoms with van der Waals surface area (Å²) in [6, 6.07) is 16.9. The smallest absolute Gasteiger partial charge is 0.222 e. The average molecular weight is 444 g/mol. The first-order valence-corrected chi connectivity index (χ1v) is 11.9. The van der Waals surface area contributed by atoms with Gasteiger partial charge >= 0.3 is 0 Å². The summed E-state index contributed by atoms with van der Waals surface area (Å²) in [6.45, 7) is 2.05. The van der Waals surface area contributed by atoms with Crippen molar-refractivity contribution in [2.75, 3.05) is 4.72 Å². The summed E-state index contributed by atoms with van der Waals surface area (Å²) in [6.07, 6.45) is 2.52. The second-order valence-corrected chi connectivity index (χ2v) is 8.53. The maximum atomic E-state index is 12.6. The number of benzene rings is 2. The summed E-state index contributed by atoms with van der Waals surface area (Å²) in [5.41, 5.74) is 3.65. The lowest BCUT2D eigenvalue weighted by Gasteiger charge is -2.17. The molecule has 0 aliphatic carbocycles. The molecule has 1 heterocycles. The summed E-state index contributed by atoms with van der Waals surface area (Å²) in [5, 5.41) is 6.04. The number of thiazole rings is 1. The van der Waals surface area contributed by atoms with Gasteiger partial charge in [-0.3, -0.25) is 9.52 Å². The molecule has 30 heavy (non-hydrogen) atoms. The van der Waals surface area contributed by atoms with Crippen molar-refractivity contribution < 1.29 is 13.2 Å². The minimum absolute atomic E-state index is 0.0151.